The Bertz CT molecular complexity index is 980. The molecule has 1 fully saturated rings. The lowest BCUT2D eigenvalue weighted by Crippen LogP contribution is -2.49. The number of piperazine rings is 1. The molecule has 0 aliphatic carbocycles. The van der Waals surface area contributed by atoms with Gasteiger partial charge in [0.1, 0.15) is 0 Å². The second-order valence-corrected chi connectivity index (χ2v) is 7.39. The van der Waals surface area contributed by atoms with Crippen LogP contribution in [0.15, 0.2) is 36.4 Å². The van der Waals surface area contributed by atoms with Gasteiger partial charge >= 0.3 is 0 Å². The van der Waals surface area contributed by atoms with Crippen molar-refractivity contribution in [3.8, 4) is 11.1 Å². The van der Waals surface area contributed by atoms with Crippen LogP contribution in [-0.2, 0) is 9.59 Å². The zero-order valence-electron chi connectivity index (χ0n) is 15.8. The highest BCUT2D eigenvalue weighted by Gasteiger charge is 2.21. The molecule has 0 bridgehead atoms. The molecule has 29 heavy (non-hydrogen) atoms. The Kier molecular flexibility index (Phi) is 6.72. The van der Waals surface area contributed by atoms with Crippen LogP contribution >= 0.6 is 23.2 Å². The molecule has 5 nitrogen and oxygen atoms in total. The number of nitrogens with zero attached hydrogens (tertiary/aromatic N) is 2. The van der Waals surface area contributed by atoms with E-state index in [0.717, 1.165) is 6.29 Å². The van der Waals surface area contributed by atoms with E-state index in [1.54, 1.807) is 46.2 Å². The zero-order valence-corrected chi connectivity index (χ0v) is 17.3. The summed E-state index contributed by atoms with van der Waals surface area (Å²) in [4.78, 5) is 38.9. The van der Waals surface area contributed by atoms with Gasteiger partial charge in [0, 0.05) is 67.0 Å². The van der Waals surface area contributed by atoms with Crippen LogP contribution in [0.4, 0.5) is 0 Å². The molecule has 7 heteroatoms. The number of aldehydes is 1. The van der Waals surface area contributed by atoms with Crippen molar-refractivity contribution < 1.29 is 14.4 Å². The van der Waals surface area contributed by atoms with E-state index in [1.807, 2.05) is 0 Å². The second kappa shape index (κ2) is 9.25. The monoisotopic (exact) mass is 429 g/mol. The van der Waals surface area contributed by atoms with Gasteiger partial charge in [-0.25, -0.2) is 0 Å². The van der Waals surface area contributed by atoms with Crippen LogP contribution in [0.2, 0.25) is 10.0 Å². The van der Waals surface area contributed by atoms with Crippen molar-refractivity contribution in [2.75, 3.05) is 26.2 Å². The van der Waals surface area contributed by atoms with Gasteiger partial charge in [0.25, 0.3) is 0 Å². The Hall–Kier alpha value is -2.63. The van der Waals surface area contributed by atoms with Crippen molar-refractivity contribution in [2.45, 2.75) is 6.92 Å². The highest BCUT2D eigenvalue weighted by molar-refractivity contribution is 6.37. The Morgan fingerprint density at radius 2 is 1.69 bits per heavy atom. The molecule has 1 aliphatic heterocycles. The second-order valence-electron chi connectivity index (χ2n) is 6.61. The third-order valence-corrected chi connectivity index (χ3v) is 5.46. The molecule has 0 spiro atoms. The number of benzene rings is 2. The summed E-state index contributed by atoms with van der Waals surface area (Å²) in [5.74, 6) is -0.143. The number of hydrogen-bond donors (Lipinski definition) is 0. The number of rotatable bonds is 4. The van der Waals surface area contributed by atoms with Gasteiger partial charge in [0.05, 0.1) is 5.02 Å². The Labute approximate surface area is 179 Å². The maximum absolute atomic E-state index is 12.6. The largest absolute Gasteiger partial charge is 0.339 e. The van der Waals surface area contributed by atoms with Gasteiger partial charge < -0.3 is 9.80 Å². The van der Waals surface area contributed by atoms with Crippen LogP contribution < -0.4 is 0 Å². The first kappa shape index (κ1) is 21.1. The maximum atomic E-state index is 12.6. The minimum absolute atomic E-state index is 0.0122. The normalized spacial score (nSPS) is 14.3. The summed E-state index contributed by atoms with van der Waals surface area (Å²) < 4.78 is 0. The van der Waals surface area contributed by atoms with Crippen LogP contribution in [-0.4, -0.2) is 54.1 Å². The minimum atomic E-state index is -0.155. The minimum Gasteiger partial charge on any atom is -0.339 e. The lowest BCUT2D eigenvalue weighted by atomic mass is 9.95. The van der Waals surface area contributed by atoms with E-state index in [-0.39, 0.29) is 11.8 Å². The van der Waals surface area contributed by atoms with Gasteiger partial charge in [-0.3, -0.25) is 14.4 Å². The Balaban J connectivity index is 1.88. The molecule has 1 radical (unpaired) electrons. The topological polar surface area (TPSA) is 57.7 Å². The lowest BCUT2D eigenvalue weighted by molar-refractivity contribution is -0.135. The van der Waals surface area contributed by atoms with Crippen molar-refractivity contribution >= 4 is 47.4 Å². The standard InChI is InChI=1S/C22H19Cl2N2O3/c1-15(28)25-10-12-26(13-11-25)20(29)9-8-16-4-2-6-18(23)21(16)22-17(14-27)5-3-7-19(22)24/h2-5,7-9,14H,10-13H2,1H3/b9-8+. The maximum Gasteiger partial charge on any atom is 0.246 e. The Morgan fingerprint density at radius 1 is 1.00 bits per heavy atom. The number of halogens is 2. The summed E-state index contributed by atoms with van der Waals surface area (Å²) in [6.45, 7) is 3.54. The van der Waals surface area contributed by atoms with E-state index >= 15 is 0 Å². The highest BCUT2D eigenvalue weighted by atomic mass is 35.5. The van der Waals surface area contributed by atoms with Crippen LogP contribution in [0, 0.1) is 6.07 Å². The summed E-state index contributed by atoms with van der Waals surface area (Å²) in [5.41, 5.74) is 2.11. The quantitative estimate of drug-likeness (QED) is 0.545. The molecule has 2 aromatic rings. The van der Waals surface area contributed by atoms with Crippen molar-refractivity contribution in [3.05, 3.63) is 63.6 Å². The van der Waals surface area contributed by atoms with Crippen LogP contribution in [0.3, 0.4) is 0 Å². The van der Waals surface area contributed by atoms with E-state index < -0.39 is 0 Å². The third kappa shape index (κ3) is 4.69. The van der Waals surface area contributed by atoms with E-state index in [4.69, 9.17) is 23.2 Å². The van der Waals surface area contributed by atoms with E-state index in [1.165, 1.54) is 13.0 Å². The van der Waals surface area contributed by atoms with Crippen LogP contribution in [0.25, 0.3) is 17.2 Å². The van der Waals surface area contributed by atoms with Crippen molar-refractivity contribution in [2.24, 2.45) is 0 Å². The average molecular weight is 430 g/mol. The van der Waals surface area contributed by atoms with Crippen LogP contribution in [0.5, 0.6) is 0 Å². The van der Waals surface area contributed by atoms with Crippen molar-refractivity contribution in [3.63, 3.8) is 0 Å². The smallest absolute Gasteiger partial charge is 0.246 e. The predicted octanol–water partition coefficient (Wildman–Crippen LogP) is 3.98. The summed E-state index contributed by atoms with van der Waals surface area (Å²) in [6.07, 6.45) is 3.85. The van der Waals surface area contributed by atoms with E-state index in [2.05, 4.69) is 6.07 Å². The molecule has 2 amide bonds. The molecular weight excluding hydrogens is 411 g/mol. The van der Waals surface area contributed by atoms with Crippen LogP contribution in [0.1, 0.15) is 22.8 Å². The fourth-order valence-electron chi connectivity index (χ4n) is 3.29. The average Bonchev–Trinajstić information content (AvgIpc) is 2.72. The number of carbonyl (C=O) groups excluding carboxylic acids is 3. The summed E-state index contributed by atoms with van der Waals surface area (Å²) in [6, 6.07) is 11.3. The summed E-state index contributed by atoms with van der Waals surface area (Å²) in [7, 11) is 0. The fourth-order valence-corrected chi connectivity index (χ4v) is 3.83. The fraction of sp³-hybridized carbons (Fsp3) is 0.227. The third-order valence-electron chi connectivity index (χ3n) is 4.85. The lowest BCUT2D eigenvalue weighted by Gasteiger charge is -2.33. The van der Waals surface area contributed by atoms with Gasteiger partial charge in [-0.05, 0) is 17.7 Å². The number of carbonyl (C=O) groups is 3. The highest BCUT2D eigenvalue weighted by Crippen LogP contribution is 2.38. The van der Waals surface area contributed by atoms with Gasteiger partial charge in [-0.15, -0.1) is 0 Å². The van der Waals surface area contributed by atoms with Gasteiger partial charge in [0.2, 0.25) is 11.8 Å². The number of amides is 2. The summed E-state index contributed by atoms with van der Waals surface area (Å²) >= 11 is 12.7. The molecule has 0 N–H and O–H groups in total. The zero-order chi connectivity index (χ0) is 21.0. The molecule has 1 aliphatic rings. The summed E-state index contributed by atoms with van der Waals surface area (Å²) in [5, 5.41) is 0.698. The SMILES string of the molecule is CC(=O)N1CCN(C(=O)/C=C/c2cc[c]c(Cl)c2-c2c(Cl)cccc2C=O)CC1. The van der Waals surface area contributed by atoms with E-state index in [9.17, 15) is 14.4 Å². The van der Waals surface area contributed by atoms with Gasteiger partial charge in [0.15, 0.2) is 6.29 Å². The van der Waals surface area contributed by atoms with Gasteiger partial charge in [-0.2, -0.15) is 0 Å². The molecule has 0 aromatic heterocycles. The van der Waals surface area contributed by atoms with E-state index in [0.29, 0.717) is 58.5 Å². The first-order chi connectivity index (χ1) is 13.9. The molecular formula is C22H19Cl2N2O3. The van der Waals surface area contributed by atoms with Crippen molar-refractivity contribution in [1.82, 2.24) is 9.80 Å². The Morgan fingerprint density at radius 3 is 2.34 bits per heavy atom. The first-order valence-corrected chi connectivity index (χ1v) is 9.84. The first-order valence-electron chi connectivity index (χ1n) is 9.09. The van der Waals surface area contributed by atoms with Crippen molar-refractivity contribution in [1.29, 1.82) is 0 Å². The predicted molar refractivity (Wildman–Crippen MR) is 114 cm³/mol. The molecule has 0 saturated carbocycles. The van der Waals surface area contributed by atoms with Gasteiger partial charge in [-0.1, -0.05) is 47.5 Å². The number of hydrogen-bond acceptors (Lipinski definition) is 3. The molecule has 0 atom stereocenters. The molecule has 1 heterocycles. The molecule has 149 valence electrons. The molecule has 2 aromatic carbocycles. The molecule has 0 unspecified atom stereocenters. The molecule has 3 rings (SSSR count). The molecule has 1 saturated heterocycles.